The van der Waals surface area contributed by atoms with Crippen LogP contribution < -0.4 is 4.74 Å². The van der Waals surface area contributed by atoms with Crippen LogP contribution in [0.5, 0.6) is 11.8 Å². The Hall–Kier alpha value is -3.28. The van der Waals surface area contributed by atoms with Gasteiger partial charge in [-0.15, -0.1) is 5.10 Å². The van der Waals surface area contributed by atoms with Crippen molar-refractivity contribution in [3.63, 3.8) is 0 Å². The van der Waals surface area contributed by atoms with Crippen LogP contribution in [0.3, 0.4) is 0 Å². The number of hydrogen-bond acceptors (Lipinski definition) is 8. The first-order chi connectivity index (χ1) is 16.3. The van der Waals surface area contributed by atoms with Gasteiger partial charge < -0.3 is 9.84 Å². The van der Waals surface area contributed by atoms with Gasteiger partial charge in [0.2, 0.25) is 15.8 Å². The van der Waals surface area contributed by atoms with Gasteiger partial charge >= 0.3 is 6.01 Å². The molecule has 2 aromatic carbocycles. The van der Waals surface area contributed by atoms with Gasteiger partial charge in [0.15, 0.2) is 5.75 Å². The summed E-state index contributed by atoms with van der Waals surface area (Å²) in [7, 11) is -3.99. The monoisotopic (exact) mass is 502 g/mol. The van der Waals surface area contributed by atoms with E-state index >= 15 is 0 Å². The van der Waals surface area contributed by atoms with E-state index in [0.29, 0.717) is 23.9 Å². The lowest BCUT2D eigenvalue weighted by Gasteiger charge is -2.19. The van der Waals surface area contributed by atoms with Gasteiger partial charge in [0, 0.05) is 18.7 Å². The lowest BCUT2D eigenvalue weighted by molar-refractivity contribution is 0.300. The highest BCUT2D eigenvalue weighted by atomic mass is 35.5. The molecule has 1 N–H and O–H groups in total. The third-order valence-electron chi connectivity index (χ3n) is 5.15. The molecule has 0 amide bonds. The average Bonchev–Trinajstić information content (AvgIpc) is 3.38. The van der Waals surface area contributed by atoms with Crippen molar-refractivity contribution in [2.24, 2.45) is 10.1 Å². The highest BCUT2D eigenvalue weighted by Gasteiger charge is 2.31. The van der Waals surface area contributed by atoms with Gasteiger partial charge in [-0.2, -0.15) is 14.1 Å². The summed E-state index contributed by atoms with van der Waals surface area (Å²) < 4.78 is 34.4. The second-order valence-corrected chi connectivity index (χ2v) is 9.50. The number of phenols is 1. The molecule has 0 aliphatic carbocycles. The van der Waals surface area contributed by atoms with E-state index in [2.05, 4.69) is 20.3 Å². The largest absolute Gasteiger partial charge is 0.505 e. The number of ether oxygens (including phenoxy) is 1. The van der Waals surface area contributed by atoms with Crippen LogP contribution in [0.2, 0.25) is 5.02 Å². The van der Waals surface area contributed by atoms with E-state index in [4.69, 9.17) is 16.3 Å². The summed E-state index contributed by atoms with van der Waals surface area (Å²) in [6.45, 7) is 6.11. The normalized spacial score (nSPS) is 14.5. The van der Waals surface area contributed by atoms with Crippen LogP contribution in [-0.4, -0.2) is 63.8 Å². The van der Waals surface area contributed by atoms with Crippen LogP contribution in [-0.2, 0) is 10.0 Å². The van der Waals surface area contributed by atoms with Gasteiger partial charge in [-0.3, -0.25) is 0 Å². The fourth-order valence-corrected chi connectivity index (χ4v) is 5.37. The molecule has 0 fully saturated rings. The number of aromatic nitrogens is 3. The summed E-state index contributed by atoms with van der Waals surface area (Å²) in [5.41, 5.74) is 1.85. The van der Waals surface area contributed by atoms with E-state index in [1.165, 1.54) is 21.1 Å². The average molecular weight is 503 g/mol. The SMILES string of the molecule is CCOc1nnc2n1N=C(c1ccccc1)C2=Nc1cc(Cl)c(O)c(S(=O)(=O)N(CC)CC)c1. The maximum Gasteiger partial charge on any atom is 0.339 e. The minimum atomic E-state index is -3.99. The lowest BCUT2D eigenvalue weighted by atomic mass is 10.1. The van der Waals surface area contributed by atoms with Crippen molar-refractivity contribution in [3.05, 3.63) is 58.9 Å². The zero-order chi connectivity index (χ0) is 24.5. The second kappa shape index (κ2) is 9.53. The van der Waals surface area contributed by atoms with Gasteiger partial charge in [0.25, 0.3) is 0 Å². The van der Waals surface area contributed by atoms with E-state index in [1.807, 2.05) is 37.3 Å². The van der Waals surface area contributed by atoms with Crippen molar-refractivity contribution in [1.82, 2.24) is 19.2 Å². The number of fused-ring (bicyclic) bond motifs is 1. The summed E-state index contributed by atoms with van der Waals surface area (Å²) in [4.78, 5) is 4.32. The van der Waals surface area contributed by atoms with Crippen LogP contribution >= 0.6 is 11.6 Å². The number of nitrogens with zero attached hydrogens (tertiary/aromatic N) is 6. The minimum Gasteiger partial charge on any atom is -0.505 e. The van der Waals surface area contributed by atoms with Crippen molar-refractivity contribution in [1.29, 1.82) is 0 Å². The number of hydrogen-bond donors (Lipinski definition) is 1. The van der Waals surface area contributed by atoms with E-state index in [9.17, 15) is 13.5 Å². The van der Waals surface area contributed by atoms with Gasteiger partial charge in [-0.25, -0.2) is 13.4 Å². The van der Waals surface area contributed by atoms with Crippen LogP contribution in [0.1, 0.15) is 32.2 Å². The number of aliphatic imine (C=N–C) groups is 1. The van der Waals surface area contributed by atoms with Crippen molar-refractivity contribution in [2.75, 3.05) is 19.7 Å². The zero-order valence-electron chi connectivity index (χ0n) is 18.8. The fraction of sp³-hybridized carbons (Fsp3) is 0.273. The number of halogens is 1. The molecule has 34 heavy (non-hydrogen) atoms. The maximum absolute atomic E-state index is 13.1. The second-order valence-electron chi connectivity index (χ2n) is 7.19. The first-order valence-electron chi connectivity index (χ1n) is 10.7. The van der Waals surface area contributed by atoms with E-state index in [1.54, 1.807) is 13.8 Å². The molecule has 10 nitrogen and oxygen atoms in total. The quantitative estimate of drug-likeness (QED) is 0.503. The molecular weight excluding hydrogens is 480 g/mol. The Kier molecular flexibility index (Phi) is 6.69. The number of aromatic hydroxyl groups is 1. The number of rotatable bonds is 8. The van der Waals surface area contributed by atoms with Gasteiger partial charge in [-0.05, 0) is 19.1 Å². The zero-order valence-corrected chi connectivity index (χ0v) is 20.4. The maximum atomic E-state index is 13.1. The number of benzene rings is 2. The smallest absolute Gasteiger partial charge is 0.339 e. The molecule has 1 aliphatic rings. The summed E-state index contributed by atoms with van der Waals surface area (Å²) in [6, 6.07) is 12.2. The van der Waals surface area contributed by atoms with Crippen molar-refractivity contribution < 1.29 is 18.3 Å². The molecule has 4 rings (SSSR count). The first-order valence-corrected chi connectivity index (χ1v) is 12.5. The van der Waals surface area contributed by atoms with Crippen LogP contribution in [0.25, 0.3) is 0 Å². The Morgan fingerprint density at radius 3 is 2.47 bits per heavy atom. The van der Waals surface area contributed by atoms with E-state index < -0.39 is 15.8 Å². The molecule has 178 valence electrons. The molecule has 1 aliphatic heterocycles. The Morgan fingerprint density at radius 2 is 1.82 bits per heavy atom. The lowest BCUT2D eigenvalue weighted by Crippen LogP contribution is -2.30. The Morgan fingerprint density at radius 1 is 1.12 bits per heavy atom. The van der Waals surface area contributed by atoms with Crippen molar-refractivity contribution in [3.8, 4) is 11.8 Å². The molecule has 2 heterocycles. The van der Waals surface area contributed by atoms with Crippen LogP contribution in [0.15, 0.2) is 57.5 Å². The van der Waals surface area contributed by atoms with Gasteiger partial charge in [-0.1, -0.05) is 60.9 Å². The molecule has 0 spiro atoms. The Bertz CT molecular complexity index is 1380. The molecule has 12 heteroatoms. The number of phenolic OH excluding ortho intramolecular Hbond substituents is 1. The van der Waals surface area contributed by atoms with Gasteiger partial charge in [0.1, 0.15) is 16.3 Å². The molecule has 0 saturated carbocycles. The Balaban J connectivity index is 1.89. The topological polar surface area (TPSA) is 122 Å². The molecule has 0 atom stereocenters. The summed E-state index contributed by atoms with van der Waals surface area (Å²) in [5.74, 6) is -0.192. The summed E-state index contributed by atoms with van der Waals surface area (Å²) in [6.07, 6.45) is 0. The Labute approximate surface area is 202 Å². The molecular formula is C22H23ClN6O4S. The predicted octanol–water partition coefficient (Wildman–Crippen LogP) is 3.45. The fourth-order valence-electron chi connectivity index (χ4n) is 3.52. The molecule has 0 saturated heterocycles. The molecule has 3 aromatic rings. The highest BCUT2D eigenvalue weighted by molar-refractivity contribution is 7.89. The van der Waals surface area contributed by atoms with E-state index in [0.717, 1.165) is 5.56 Å². The standard InChI is InChI=1S/C22H23ClN6O4S/c1-4-28(5-2)34(31,32)17-13-15(12-16(23)20(17)30)24-19-18(14-10-8-7-9-11-14)27-29-21(19)25-26-22(29)33-6-3/h7-13,30H,4-6H2,1-3H3. The summed E-state index contributed by atoms with van der Waals surface area (Å²) >= 11 is 6.21. The van der Waals surface area contributed by atoms with Crippen molar-refractivity contribution in [2.45, 2.75) is 25.7 Å². The molecule has 0 bridgehead atoms. The third-order valence-corrected chi connectivity index (χ3v) is 7.50. The molecule has 1 aromatic heterocycles. The first kappa shape index (κ1) is 23.9. The predicted molar refractivity (Wildman–Crippen MR) is 129 cm³/mol. The van der Waals surface area contributed by atoms with Crippen LogP contribution in [0, 0.1) is 0 Å². The van der Waals surface area contributed by atoms with Crippen molar-refractivity contribution >= 4 is 38.7 Å². The minimum absolute atomic E-state index is 0.139. The molecule has 0 radical (unpaired) electrons. The number of sulfonamides is 1. The van der Waals surface area contributed by atoms with Gasteiger partial charge in [0.05, 0.1) is 17.3 Å². The van der Waals surface area contributed by atoms with Crippen LogP contribution in [0.4, 0.5) is 5.69 Å². The highest BCUT2D eigenvalue weighted by Crippen LogP contribution is 2.37. The van der Waals surface area contributed by atoms with E-state index in [-0.39, 0.29) is 34.7 Å². The third kappa shape index (κ3) is 4.17. The molecule has 0 unspecified atom stereocenters. The summed E-state index contributed by atoms with van der Waals surface area (Å²) in [5, 5.41) is 23.1.